The molecule has 0 spiro atoms. The minimum absolute atomic E-state index is 0.000556. The van der Waals surface area contributed by atoms with Crippen LogP contribution >= 0.6 is 22.9 Å². The largest absolute Gasteiger partial charge is 0.481 e. The number of rotatable bonds is 5. The van der Waals surface area contributed by atoms with Crippen LogP contribution in [0.3, 0.4) is 0 Å². The Balaban J connectivity index is 1.95. The van der Waals surface area contributed by atoms with Gasteiger partial charge in [0.05, 0.1) is 17.7 Å². The van der Waals surface area contributed by atoms with Crippen molar-refractivity contribution in [3.63, 3.8) is 0 Å². The Morgan fingerprint density at radius 1 is 1.41 bits per heavy atom. The lowest BCUT2D eigenvalue weighted by atomic mass is 9.87. The van der Waals surface area contributed by atoms with Crippen LogP contribution in [0.15, 0.2) is 23.0 Å². The lowest BCUT2D eigenvalue weighted by molar-refractivity contribution is -0.145. The molecule has 0 radical (unpaired) electrons. The molecule has 7 nitrogen and oxygen atoms in total. The zero-order valence-electron chi connectivity index (χ0n) is 11.3. The predicted octanol–water partition coefficient (Wildman–Crippen LogP) is 1.40. The van der Waals surface area contributed by atoms with Crippen molar-refractivity contribution in [2.75, 3.05) is 0 Å². The number of nitrogens with zero attached hydrogens (tertiary/aromatic N) is 2. The summed E-state index contributed by atoms with van der Waals surface area (Å²) >= 11 is 2.56. The van der Waals surface area contributed by atoms with Gasteiger partial charge in [0.1, 0.15) is 10.5 Å². The number of carboxylic acid groups (broad SMARTS) is 2. The summed E-state index contributed by atoms with van der Waals surface area (Å²) in [4.78, 5) is 27.5. The third kappa shape index (κ3) is 2.62. The van der Waals surface area contributed by atoms with Gasteiger partial charge in [-0.2, -0.15) is 4.37 Å². The van der Waals surface area contributed by atoms with Crippen LogP contribution in [-0.4, -0.2) is 37.0 Å². The summed E-state index contributed by atoms with van der Waals surface area (Å²) in [5, 5.41) is 26.3. The van der Waals surface area contributed by atoms with Gasteiger partial charge >= 0.3 is 11.9 Å². The molecule has 3 heterocycles. The Labute approximate surface area is 133 Å². The molecule has 2 aromatic rings. The number of aliphatic carboxylic acids is 2. The Morgan fingerprint density at radius 3 is 2.77 bits per heavy atom. The van der Waals surface area contributed by atoms with E-state index in [0.717, 1.165) is 0 Å². The molecular weight excluding hydrogens is 326 g/mol. The van der Waals surface area contributed by atoms with Crippen molar-refractivity contribution in [3.05, 3.63) is 33.7 Å². The third-order valence-electron chi connectivity index (χ3n) is 3.82. The maximum Gasteiger partial charge on any atom is 0.324 e. The molecule has 2 aromatic heterocycles. The highest BCUT2D eigenvalue weighted by molar-refractivity contribution is 7.09. The summed E-state index contributed by atoms with van der Waals surface area (Å²) in [6.07, 6.45) is 1.73. The summed E-state index contributed by atoms with van der Waals surface area (Å²) < 4.78 is 4.14. The van der Waals surface area contributed by atoms with E-state index in [1.165, 1.54) is 22.9 Å². The molecule has 1 fully saturated rings. The quantitative estimate of drug-likeness (QED) is 0.754. The number of aromatic nitrogens is 2. The van der Waals surface area contributed by atoms with Gasteiger partial charge in [-0.1, -0.05) is 0 Å². The molecule has 9 heteroatoms. The van der Waals surface area contributed by atoms with Gasteiger partial charge in [0, 0.05) is 23.4 Å². The predicted molar refractivity (Wildman–Crippen MR) is 79.9 cm³/mol. The lowest BCUT2D eigenvalue weighted by Gasteiger charge is -2.24. The second-order valence-corrected chi connectivity index (χ2v) is 6.79. The normalized spacial score (nSPS) is 27.8. The first-order chi connectivity index (χ1) is 10.5. The van der Waals surface area contributed by atoms with Crippen LogP contribution in [0, 0.1) is 5.92 Å². The molecule has 0 aromatic carbocycles. The molecule has 1 aliphatic heterocycles. The standard InChI is InChI=1S/C13H13N3O4S2/c17-11(18)8-6-13(12(19)20,5-7-1-3-22-16-7)15-9(8)10-14-2-4-21-10/h1-4,8-9,15H,5-6H2,(H,17,18)(H,19,20)/t8-,9+,13-/m0/s1. The van der Waals surface area contributed by atoms with E-state index in [9.17, 15) is 19.8 Å². The fourth-order valence-corrected chi connectivity index (χ4v) is 4.08. The zero-order chi connectivity index (χ0) is 15.7. The average molecular weight is 339 g/mol. The zero-order valence-corrected chi connectivity index (χ0v) is 12.9. The first-order valence-corrected chi connectivity index (χ1v) is 8.26. The first kappa shape index (κ1) is 15.1. The van der Waals surface area contributed by atoms with Crippen LogP contribution in [0.2, 0.25) is 0 Å². The Kier molecular flexibility index (Phi) is 3.94. The molecule has 116 valence electrons. The van der Waals surface area contributed by atoms with E-state index >= 15 is 0 Å². The number of carboxylic acids is 2. The Hall–Kier alpha value is -1.84. The fraction of sp³-hybridized carbons (Fsp3) is 0.385. The van der Waals surface area contributed by atoms with Gasteiger partial charge in [-0.05, 0) is 24.0 Å². The second-order valence-electron chi connectivity index (χ2n) is 5.20. The van der Waals surface area contributed by atoms with Gasteiger partial charge < -0.3 is 10.2 Å². The Morgan fingerprint density at radius 2 is 2.23 bits per heavy atom. The number of hydrogen-bond donors (Lipinski definition) is 3. The monoisotopic (exact) mass is 339 g/mol. The smallest absolute Gasteiger partial charge is 0.324 e. The molecule has 3 N–H and O–H groups in total. The number of carbonyl (C=O) groups is 2. The van der Waals surface area contributed by atoms with Gasteiger partial charge in [0.2, 0.25) is 0 Å². The molecule has 0 amide bonds. The Bertz CT molecular complexity index is 674. The lowest BCUT2D eigenvalue weighted by Crippen LogP contribution is -2.50. The molecule has 3 rings (SSSR count). The van der Waals surface area contributed by atoms with Crippen molar-refractivity contribution in [2.45, 2.75) is 24.4 Å². The van der Waals surface area contributed by atoms with Crippen molar-refractivity contribution in [3.8, 4) is 0 Å². The number of nitrogens with one attached hydrogen (secondary N) is 1. The maximum absolute atomic E-state index is 11.8. The highest BCUT2D eigenvalue weighted by atomic mass is 32.1. The van der Waals surface area contributed by atoms with Gasteiger partial charge in [0.15, 0.2) is 0 Å². The molecule has 1 aliphatic rings. The van der Waals surface area contributed by atoms with E-state index in [2.05, 4.69) is 14.7 Å². The van der Waals surface area contributed by atoms with Crippen LogP contribution in [0.4, 0.5) is 0 Å². The minimum Gasteiger partial charge on any atom is -0.481 e. The van der Waals surface area contributed by atoms with Crippen LogP contribution in [-0.2, 0) is 16.0 Å². The molecule has 0 bridgehead atoms. The van der Waals surface area contributed by atoms with Crippen molar-refractivity contribution in [2.24, 2.45) is 5.92 Å². The molecule has 1 saturated heterocycles. The van der Waals surface area contributed by atoms with Crippen LogP contribution < -0.4 is 5.32 Å². The summed E-state index contributed by atoms with van der Waals surface area (Å²) in [6, 6.07) is 1.15. The number of thiazole rings is 1. The average Bonchev–Trinajstić information content (AvgIpc) is 3.19. The van der Waals surface area contributed by atoms with Crippen LogP contribution in [0.1, 0.15) is 23.2 Å². The number of hydrogen-bond acceptors (Lipinski definition) is 7. The summed E-state index contributed by atoms with van der Waals surface area (Å²) in [6.45, 7) is 0. The van der Waals surface area contributed by atoms with Gasteiger partial charge in [-0.15, -0.1) is 11.3 Å². The van der Waals surface area contributed by atoms with Crippen molar-refractivity contribution < 1.29 is 19.8 Å². The van der Waals surface area contributed by atoms with E-state index in [0.29, 0.717) is 10.7 Å². The molecule has 3 atom stereocenters. The highest BCUT2D eigenvalue weighted by Crippen LogP contribution is 2.40. The topological polar surface area (TPSA) is 112 Å². The van der Waals surface area contributed by atoms with Gasteiger partial charge in [-0.25, -0.2) is 4.98 Å². The second kappa shape index (κ2) is 5.75. The summed E-state index contributed by atoms with van der Waals surface area (Å²) in [7, 11) is 0. The molecule has 0 aliphatic carbocycles. The first-order valence-electron chi connectivity index (χ1n) is 6.54. The highest BCUT2D eigenvalue weighted by Gasteiger charge is 2.54. The van der Waals surface area contributed by atoms with Gasteiger partial charge in [0.25, 0.3) is 0 Å². The molecule has 0 saturated carbocycles. The maximum atomic E-state index is 11.8. The van der Waals surface area contributed by atoms with Crippen LogP contribution in [0.5, 0.6) is 0 Å². The SMILES string of the molecule is O=C(O)[C@H]1C[C@@](Cc2ccsn2)(C(=O)O)N[C@H]1c1nccs1. The van der Waals surface area contributed by atoms with Crippen molar-refractivity contribution in [1.82, 2.24) is 14.7 Å². The van der Waals surface area contributed by atoms with E-state index in [-0.39, 0.29) is 12.8 Å². The minimum atomic E-state index is -1.34. The van der Waals surface area contributed by atoms with E-state index in [1.54, 1.807) is 23.0 Å². The third-order valence-corrected chi connectivity index (χ3v) is 5.28. The van der Waals surface area contributed by atoms with Crippen molar-refractivity contribution >= 4 is 34.8 Å². The van der Waals surface area contributed by atoms with E-state index in [4.69, 9.17) is 0 Å². The molecule has 22 heavy (non-hydrogen) atoms. The fourth-order valence-electron chi connectivity index (χ4n) is 2.79. The van der Waals surface area contributed by atoms with E-state index < -0.39 is 29.4 Å². The molecular formula is C13H13N3O4S2. The molecule has 0 unspecified atom stereocenters. The van der Waals surface area contributed by atoms with Crippen molar-refractivity contribution in [1.29, 1.82) is 0 Å². The van der Waals surface area contributed by atoms with Gasteiger partial charge in [-0.3, -0.25) is 14.9 Å². The van der Waals surface area contributed by atoms with Crippen LogP contribution in [0.25, 0.3) is 0 Å². The summed E-state index contributed by atoms with van der Waals surface area (Å²) in [5.41, 5.74) is -0.697. The summed E-state index contributed by atoms with van der Waals surface area (Å²) in [5.74, 6) is -2.92. The van der Waals surface area contributed by atoms with E-state index in [1.807, 2.05) is 0 Å².